The van der Waals surface area contributed by atoms with Crippen molar-refractivity contribution < 1.29 is 9.59 Å². The van der Waals surface area contributed by atoms with Crippen LogP contribution in [0.5, 0.6) is 0 Å². The number of rotatable bonds is 1. The number of fused-ring (bicyclic) bond motifs is 2. The summed E-state index contributed by atoms with van der Waals surface area (Å²) in [6.45, 7) is 2.73. The molecule has 21 heavy (non-hydrogen) atoms. The number of benzene rings is 1. The van der Waals surface area contributed by atoms with Gasteiger partial charge in [0, 0.05) is 24.0 Å². The van der Waals surface area contributed by atoms with Gasteiger partial charge in [0.05, 0.1) is 6.04 Å². The zero-order valence-corrected chi connectivity index (χ0v) is 12.8. The summed E-state index contributed by atoms with van der Waals surface area (Å²) in [5.74, 6) is 0.890. The number of hydrogen-bond acceptors (Lipinski definition) is 3. The van der Waals surface area contributed by atoms with Gasteiger partial charge >= 0.3 is 6.03 Å². The summed E-state index contributed by atoms with van der Waals surface area (Å²) in [5, 5.41) is 0.533. The fourth-order valence-corrected chi connectivity index (χ4v) is 4.84. The van der Waals surface area contributed by atoms with Crippen LogP contribution in [0.1, 0.15) is 24.5 Å². The summed E-state index contributed by atoms with van der Waals surface area (Å²) in [7, 11) is 0. The van der Waals surface area contributed by atoms with Crippen molar-refractivity contribution >= 4 is 23.7 Å². The second-order valence-electron chi connectivity index (χ2n) is 6.14. The van der Waals surface area contributed by atoms with E-state index in [0.717, 1.165) is 12.2 Å². The van der Waals surface area contributed by atoms with E-state index in [4.69, 9.17) is 0 Å². The third kappa shape index (κ3) is 1.98. The fraction of sp³-hybridized carbons (Fsp3) is 0.500. The van der Waals surface area contributed by atoms with Crippen LogP contribution in [-0.2, 0) is 17.8 Å². The van der Waals surface area contributed by atoms with Crippen molar-refractivity contribution in [1.29, 1.82) is 0 Å². The third-order valence-corrected chi connectivity index (χ3v) is 6.10. The molecule has 0 bridgehead atoms. The molecule has 0 radical (unpaired) electrons. The molecule has 0 saturated carbocycles. The number of amides is 3. The smallest absolute Gasteiger partial charge is 0.308 e. The average Bonchev–Trinajstić information content (AvgIpc) is 3.00. The maximum atomic E-state index is 12.7. The number of nitrogens with zero attached hydrogens (tertiary/aromatic N) is 2. The molecule has 0 spiro atoms. The normalized spacial score (nSPS) is 31.6. The van der Waals surface area contributed by atoms with Crippen molar-refractivity contribution in [2.75, 3.05) is 5.75 Å². The number of urea groups is 1. The molecule has 3 amide bonds. The first-order valence-electron chi connectivity index (χ1n) is 7.47. The topological polar surface area (TPSA) is 40.6 Å². The minimum Gasteiger partial charge on any atom is -0.308 e. The number of hydrogen-bond donors (Lipinski definition) is 0. The molecule has 110 valence electrons. The highest BCUT2D eigenvalue weighted by molar-refractivity contribution is 8.00. The minimum absolute atomic E-state index is 0.00852. The molecule has 5 heteroatoms. The highest BCUT2D eigenvalue weighted by Gasteiger charge is 2.50. The highest BCUT2D eigenvalue weighted by atomic mass is 32.2. The first kappa shape index (κ1) is 13.2. The Kier molecular flexibility index (Phi) is 2.99. The van der Waals surface area contributed by atoms with E-state index in [0.29, 0.717) is 18.2 Å². The quantitative estimate of drug-likeness (QED) is 0.747. The zero-order valence-electron chi connectivity index (χ0n) is 12.0. The predicted molar refractivity (Wildman–Crippen MR) is 82.0 cm³/mol. The molecular formula is C16H18N2O2S. The summed E-state index contributed by atoms with van der Waals surface area (Å²) in [6.07, 6.45) is 1.59. The molecule has 2 saturated heterocycles. The first-order chi connectivity index (χ1) is 10.1. The van der Waals surface area contributed by atoms with Gasteiger partial charge in [0.1, 0.15) is 6.04 Å². The molecule has 4 nitrogen and oxygen atoms in total. The van der Waals surface area contributed by atoms with Gasteiger partial charge in [-0.05, 0) is 17.5 Å². The van der Waals surface area contributed by atoms with E-state index in [1.165, 1.54) is 11.1 Å². The Hall–Kier alpha value is -1.49. The van der Waals surface area contributed by atoms with Gasteiger partial charge < -0.3 is 4.90 Å². The van der Waals surface area contributed by atoms with Crippen LogP contribution < -0.4 is 0 Å². The monoisotopic (exact) mass is 302 g/mol. The van der Waals surface area contributed by atoms with Gasteiger partial charge in [-0.25, -0.2) is 4.79 Å². The second-order valence-corrected chi connectivity index (χ2v) is 7.61. The molecular weight excluding hydrogens is 284 g/mol. The standard InChI is InChI=1S/C16H18N2O2S/c1-10-6-13(9-21-10)18-15(19)14-7-11-4-2-3-5-12(11)8-17(14)16(18)20/h2-5,10,13-14H,6-9H2,1H3. The van der Waals surface area contributed by atoms with Crippen molar-refractivity contribution in [3.8, 4) is 0 Å². The predicted octanol–water partition coefficient (Wildman–Crippen LogP) is 2.27. The zero-order chi connectivity index (χ0) is 14.6. The van der Waals surface area contributed by atoms with Crippen molar-refractivity contribution in [3.63, 3.8) is 0 Å². The van der Waals surface area contributed by atoms with E-state index >= 15 is 0 Å². The highest BCUT2D eigenvalue weighted by Crippen LogP contribution is 2.36. The molecule has 0 aromatic heterocycles. The lowest BCUT2D eigenvalue weighted by molar-refractivity contribution is -0.129. The molecule has 2 fully saturated rings. The summed E-state index contributed by atoms with van der Waals surface area (Å²) in [5.41, 5.74) is 2.38. The molecule has 3 heterocycles. The largest absolute Gasteiger partial charge is 0.328 e. The lowest BCUT2D eigenvalue weighted by Crippen LogP contribution is -2.41. The van der Waals surface area contributed by atoms with Gasteiger partial charge in [-0.2, -0.15) is 11.8 Å². The number of imide groups is 1. The Balaban J connectivity index is 1.63. The van der Waals surface area contributed by atoms with Crippen LogP contribution in [0.4, 0.5) is 4.79 Å². The van der Waals surface area contributed by atoms with E-state index in [1.807, 2.05) is 23.9 Å². The second kappa shape index (κ2) is 4.77. The van der Waals surface area contributed by atoms with Gasteiger partial charge in [-0.3, -0.25) is 9.69 Å². The maximum Gasteiger partial charge on any atom is 0.328 e. The fourth-order valence-electron chi connectivity index (χ4n) is 3.65. The van der Waals surface area contributed by atoms with Crippen LogP contribution in [0.15, 0.2) is 24.3 Å². The molecule has 4 rings (SSSR count). The summed E-state index contributed by atoms with van der Waals surface area (Å²) in [6, 6.07) is 7.84. The Morgan fingerprint density at radius 3 is 2.67 bits per heavy atom. The van der Waals surface area contributed by atoms with Crippen molar-refractivity contribution in [2.45, 2.75) is 43.6 Å². The summed E-state index contributed by atoms with van der Waals surface area (Å²) in [4.78, 5) is 28.7. The Morgan fingerprint density at radius 2 is 1.95 bits per heavy atom. The van der Waals surface area contributed by atoms with E-state index in [9.17, 15) is 9.59 Å². The molecule has 3 unspecified atom stereocenters. The van der Waals surface area contributed by atoms with Crippen LogP contribution in [0.25, 0.3) is 0 Å². The van der Waals surface area contributed by atoms with Gasteiger partial charge in [-0.1, -0.05) is 31.2 Å². The van der Waals surface area contributed by atoms with Crippen LogP contribution >= 0.6 is 11.8 Å². The van der Waals surface area contributed by atoms with Crippen LogP contribution in [0, 0.1) is 0 Å². The van der Waals surface area contributed by atoms with Gasteiger partial charge in [0.15, 0.2) is 0 Å². The van der Waals surface area contributed by atoms with Gasteiger partial charge in [-0.15, -0.1) is 0 Å². The number of carbonyl (C=O) groups excluding carboxylic acids is 2. The van der Waals surface area contributed by atoms with Crippen molar-refractivity contribution in [2.24, 2.45) is 0 Å². The first-order valence-corrected chi connectivity index (χ1v) is 8.52. The van der Waals surface area contributed by atoms with Crippen molar-refractivity contribution in [1.82, 2.24) is 9.80 Å². The molecule has 3 aliphatic heterocycles. The third-order valence-electron chi connectivity index (χ3n) is 4.77. The SMILES string of the molecule is CC1CC(N2C(=O)C3Cc4ccccc4CN3C2=O)CS1. The van der Waals surface area contributed by atoms with Gasteiger partial charge in [0.25, 0.3) is 5.91 Å². The molecule has 1 aromatic rings. The summed E-state index contributed by atoms with van der Waals surface area (Å²) >= 11 is 1.85. The Morgan fingerprint density at radius 1 is 1.19 bits per heavy atom. The molecule has 0 aliphatic carbocycles. The van der Waals surface area contributed by atoms with E-state index in [2.05, 4.69) is 19.1 Å². The number of carbonyl (C=O) groups is 2. The van der Waals surface area contributed by atoms with Gasteiger partial charge in [0.2, 0.25) is 0 Å². The molecule has 3 aliphatic rings. The maximum absolute atomic E-state index is 12.7. The Bertz CT molecular complexity index is 575. The molecule has 1 aromatic carbocycles. The van der Waals surface area contributed by atoms with Crippen LogP contribution in [-0.4, -0.2) is 44.8 Å². The molecule has 0 N–H and O–H groups in total. The van der Waals surface area contributed by atoms with Crippen LogP contribution in [0.2, 0.25) is 0 Å². The van der Waals surface area contributed by atoms with E-state index in [-0.39, 0.29) is 24.0 Å². The van der Waals surface area contributed by atoms with E-state index in [1.54, 1.807) is 9.80 Å². The lowest BCUT2D eigenvalue weighted by Gasteiger charge is -2.28. The number of thioether (sulfide) groups is 1. The summed E-state index contributed by atoms with van der Waals surface area (Å²) < 4.78 is 0. The van der Waals surface area contributed by atoms with Crippen LogP contribution in [0.3, 0.4) is 0 Å². The van der Waals surface area contributed by atoms with Crippen molar-refractivity contribution in [3.05, 3.63) is 35.4 Å². The lowest BCUT2D eigenvalue weighted by atomic mass is 9.95. The Labute approximate surface area is 128 Å². The minimum atomic E-state index is -0.284. The average molecular weight is 302 g/mol. The van der Waals surface area contributed by atoms with E-state index < -0.39 is 0 Å². The molecule has 3 atom stereocenters.